The van der Waals surface area contributed by atoms with Gasteiger partial charge in [0.25, 0.3) is 0 Å². The summed E-state index contributed by atoms with van der Waals surface area (Å²) in [5.41, 5.74) is 3.52. The van der Waals surface area contributed by atoms with E-state index in [1.54, 1.807) is 0 Å². The largest absolute Gasteiger partial charge is 0.329 e. The molecule has 0 bridgehead atoms. The molecule has 0 saturated carbocycles. The third kappa shape index (κ3) is 2.23. The predicted molar refractivity (Wildman–Crippen MR) is 64.4 cm³/mol. The molecule has 0 aliphatic carbocycles. The number of amides is 2. The number of rotatable bonds is 2. The van der Waals surface area contributed by atoms with Crippen molar-refractivity contribution in [3.05, 3.63) is 34.9 Å². The van der Waals surface area contributed by atoms with Gasteiger partial charge < -0.3 is 10.2 Å². The van der Waals surface area contributed by atoms with Crippen molar-refractivity contribution in [1.29, 1.82) is 5.26 Å². The zero-order chi connectivity index (χ0) is 12.4. The van der Waals surface area contributed by atoms with Gasteiger partial charge in [0.1, 0.15) is 6.54 Å². The Morgan fingerprint density at radius 2 is 2.29 bits per heavy atom. The van der Waals surface area contributed by atoms with Crippen molar-refractivity contribution in [3.63, 3.8) is 0 Å². The molecule has 1 heterocycles. The normalized spacial score (nSPS) is 19.0. The van der Waals surface area contributed by atoms with Crippen LogP contribution in [-0.4, -0.2) is 24.0 Å². The molecule has 4 heteroatoms. The first kappa shape index (κ1) is 11.5. The van der Waals surface area contributed by atoms with Crippen LogP contribution in [0.4, 0.5) is 4.79 Å². The lowest BCUT2D eigenvalue weighted by Gasteiger charge is -2.13. The second-order valence-electron chi connectivity index (χ2n) is 4.40. The lowest BCUT2D eigenvalue weighted by atomic mass is 10.00. The van der Waals surface area contributed by atoms with Crippen LogP contribution in [0.25, 0.3) is 0 Å². The van der Waals surface area contributed by atoms with Crippen LogP contribution in [0.1, 0.15) is 22.7 Å². The number of nitriles is 1. The highest BCUT2D eigenvalue weighted by atomic mass is 16.2. The molecule has 1 unspecified atom stereocenters. The van der Waals surface area contributed by atoms with Crippen LogP contribution in [0.2, 0.25) is 0 Å². The summed E-state index contributed by atoms with van der Waals surface area (Å²) in [4.78, 5) is 13.1. The number of hydrogen-bond donors (Lipinski definition) is 1. The maximum absolute atomic E-state index is 11.6. The standard InChI is InChI=1S/C13H15N3O/c1-9-3-4-11(10(2)7-9)12-8-16(6-5-14)13(17)15-12/h3-4,7,12H,6,8H2,1-2H3,(H,15,17). The van der Waals surface area contributed by atoms with Crippen molar-refractivity contribution >= 4 is 6.03 Å². The number of nitrogens with one attached hydrogen (secondary N) is 1. The first-order valence-electron chi connectivity index (χ1n) is 5.61. The van der Waals surface area contributed by atoms with Crippen LogP contribution in [0.3, 0.4) is 0 Å². The Morgan fingerprint density at radius 1 is 1.53 bits per heavy atom. The van der Waals surface area contributed by atoms with Gasteiger partial charge in [-0.25, -0.2) is 4.79 Å². The summed E-state index contributed by atoms with van der Waals surface area (Å²) in [5, 5.41) is 11.5. The van der Waals surface area contributed by atoms with Crippen molar-refractivity contribution in [2.75, 3.05) is 13.1 Å². The second kappa shape index (κ2) is 4.46. The van der Waals surface area contributed by atoms with Crippen LogP contribution in [0.5, 0.6) is 0 Å². The van der Waals surface area contributed by atoms with Gasteiger partial charge in [0.15, 0.2) is 0 Å². The van der Waals surface area contributed by atoms with Crippen LogP contribution < -0.4 is 5.32 Å². The number of urea groups is 1. The number of nitrogens with zero attached hydrogens (tertiary/aromatic N) is 2. The molecule has 1 saturated heterocycles. The zero-order valence-electron chi connectivity index (χ0n) is 10.0. The molecule has 4 nitrogen and oxygen atoms in total. The molecule has 2 amide bonds. The fourth-order valence-corrected chi connectivity index (χ4v) is 2.20. The van der Waals surface area contributed by atoms with Crippen molar-refractivity contribution in [1.82, 2.24) is 10.2 Å². The molecule has 1 atom stereocenters. The molecule has 1 aliphatic rings. The van der Waals surface area contributed by atoms with Gasteiger partial charge in [-0.1, -0.05) is 23.8 Å². The third-order valence-corrected chi connectivity index (χ3v) is 3.05. The molecule has 0 radical (unpaired) electrons. The monoisotopic (exact) mass is 229 g/mol. The Bertz CT molecular complexity index is 490. The number of carbonyl (C=O) groups is 1. The van der Waals surface area contributed by atoms with E-state index in [-0.39, 0.29) is 18.6 Å². The van der Waals surface area contributed by atoms with Crippen molar-refractivity contribution in [3.8, 4) is 6.07 Å². The SMILES string of the molecule is Cc1ccc(C2CN(CC#N)C(=O)N2)c(C)c1. The van der Waals surface area contributed by atoms with Gasteiger partial charge in [-0.2, -0.15) is 5.26 Å². The van der Waals surface area contributed by atoms with Gasteiger partial charge >= 0.3 is 6.03 Å². The van der Waals surface area contributed by atoms with Crippen LogP contribution in [0.15, 0.2) is 18.2 Å². The van der Waals surface area contributed by atoms with Crippen molar-refractivity contribution in [2.45, 2.75) is 19.9 Å². The fourth-order valence-electron chi connectivity index (χ4n) is 2.20. The van der Waals surface area contributed by atoms with Gasteiger partial charge in [-0.05, 0) is 25.0 Å². The molecule has 1 aromatic carbocycles. The van der Waals surface area contributed by atoms with Gasteiger partial charge in [-0.15, -0.1) is 0 Å². The topological polar surface area (TPSA) is 56.1 Å². The van der Waals surface area contributed by atoms with Crippen LogP contribution in [0, 0.1) is 25.2 Å². The molecule has 1 fully saturated rings. The van der Waals surface area contributed by atoms with E-state index in [1.165, 1.54) is 16.0 Å². The molecule has 0 aromatic heterocycles. The maximum atomic E-state index is 11.6. The highest BCUT2D eigenvalue weighted by molar-refractivity contribution is 5.77. The van der Waals surface area contributed by atoms with Gasteiger partial charge in [-0.3, -0.25) is 0 Å². The minimum Gasteiger partial charge on any atom is -0.329 e. The highest BCUT2D eigenvalue weighted by Crippen LogP contribution is 2.23. The van der Waals surface area contributed by atoms with Crippen molar-refractivity contribution in [2.24, 2.45) is 0 Å². The summed E-state index contributed by atoms with van der Waals surface area (Å²) < 4.78 is 0. The van der Waals surface area contributed by atoms with Gasteiger partial charge in [0, 0.05) is 6.54 Å². The number of benzene rings is 1. The van der Waals surface area contributed by atoms with E-state index in [0.29, 0.717) is 6.54 Å². The molecule has 1 aliphatic heterocycles. The summed E-state index contributed by atoms with van der Waals surface area (Å²) in [6.45, 7) is 4.80. The molecular formula is C13H15N3O. The van der Waals surface area contributed by atoms with E-state index in [0.717, 1.165) is 5.56 Å². The minimum absolute atomic E-state index is 0.00329. The summed E-state index contributed by atoms with van der Waals surface area (Å²) in [5.74, 6) is 0. The zero-order valence-corrected chi connectivity index (χ0v) is 10.0. The Kier molecular flexibility index (Phi) is 3.01. The molecule has 88 valence electrons. The number of hydrogen-bond acceptors (Lipinski definition) is 2. The molecular weight excluding hydrogens is 214 g/mol. The molecule has 2 rings (SSSR count). The quantitative estimate of drug-likeness (QED) is 0.787. The first-order chi connectivity index (χ1) is 8.11. The van der Waals surface area contributed by atoms with Gasteiger partial charge in [0.2, 0.25) is 0 Å². The first-order valence-corrected chi connectivity index (χ1v) is 5.61. The van der Waals surface area contributed by atoms with E-state index >= 15 is 0 Å². The maximum Gasteiger partial charge on any atom is 0.318 e. The summed E-state index contributed by atoms with van der Waals surface area (Å²) in [6.07, 6.45) is 0. The average molecular weight is 229 g/mol. The number of aryl methyl sites for hydroxylation is 2. The average Bonchev–Trinajstić information content (AvgIpc) is 2.60. The highest BCUT2D eigenvalue weighted by Gasteiger charge is 2.29. The third-order valence-electron chi connectivity index (χ3n) is 3.05. The molecule has 0 spiro atoms. The van der Waals surface area contributed by atoms with Gasteiger partial charge in [0.05, 0.1) is 12.1 Å². The Hall–Kier alpha value is -2.02. The van der Waals surface area contributed by atoms with Crippen LogP contribution >= 0.6 is 0 Å². The fraction of sp³-hybridized carbons (Fsp3) is 0.385. The lowest BCUT2D eigenvalue weighted by Crippen LogP contribution is -2.28. The van der Waals surface area contributed by atoms with E-state index in [1.807, 2.05) is 32.0 Å². The van der Waals surface area contributed by atoms with E-state index in [4.69, 9.17) is 5.26 Å². The Balaban J connectivity index is 2.20. The molecule has 17 heavy (non-hydrogen) atoms. The smallest absolute Gasteiger partial charge is 0.318 e. The second-order valence-corrected chi connectivity index (χ2v) is 4.40. The number of carbonyl (C=O) groups excluding carboxylic acids is 1. The van der Waals surface area contributed by atoms with E-state index in [9.17, 15) is 4.79 Å². The minimum atomic E-state index is -0.156. The Labute approximate surface area is 101 Å². The van der Waals surface area contributed by atoms with E-state index < -0.39 is 0 Å². The van der Waals surface area contributed by atoms with E-state index in [2.05, 4.69) is 11.4 Å². The Morgan fingerprint density at radius 3 is 2.94 bits per heavy atom. The summed E-state index contributed by atoms with van der Waals surface area (Å²) in [7, 11) is 0. The molecule has 1 N–H and O–H groups in total. The summed E-state index contributed by atoms with van der Waals surface area (Å²) in [6, 6.07) is 8.04. The molecule has 1 aromatic rings. The predicted octanol–water partition coefficient (Wildman–Crippen LogP) is 1.89. The van der Waals surface area contributed by atoms with Crippen LogP contribution in [-0.2, 0) is 0 Å². The summed E-state index contributed by atoms with van der Waals surface area (Å²) >= 11 is 0. The lowest BCUT2D eigenvalue weighted by molar-refractivity contribution is 0.222. The van der Waals surface area contributed by atoms with Crippen molar-refractivity contribution < 1.29 is 4.79 Å².